The highest BCUT2D eigenvalue weighted by Gasteiger charge is 2.29. The Morgan fingerprint density at radius 3 is 2.71 bits per heavy atom. The van der Waals surface area contributed by atoms with Crippen LogP contribution in [-0.2, 0) is 0 Å². The third-order valence-corrected chi connectivity index (χ3v) is 3.52. The quantitative estimate of drug-likeness (QED) is 0.620. The summed E-state index contributed by atoms with van der Waals surface area (Å²) in [6.07, 6.45) is 3.72. The Labute approximate surface area is 86.3 Å². The predicted octanol–water partition coefficient (Wildman–Crippen LogP) is 0.926. The van der Waals surface area contributed by atoms with E-state index in [2.05, 4.69) is 22.9 Å². The number of nitriles is 1. The van der Waals surface area contributed by atoms with Crippen LogP contribution in [0.4, 0.5) is 0 Å². The summed E-state index contributed by atoms with van der Waals surface area (Å²) in [5, 5.41) is 8.85. The smallest absolute Gasteiger partial charge is 0.0669 e. The summed E-state index contributed by atoms with van der Waals surface area (Å²) in [4.78, 5) is 4.93. The van der Waals surface area contributed by atoms with E-state index in [0.717, 1.165) is 19.5 Å². The van der Waals surface area contributed by atoms with Crippen LogP contribution in [0.5, 0.6) is 0 Å². The summed E-state index contributed by atoms with van der Waals surface area (Å²) in [7, 11) is 2.20. The topological polar surface area (TPSA) is 30.3 Å². The SMILES string of the molecule is CN1CCCC(N2CCC(C#N)C2)C1. The van der Waals surface area contributed by atoms with Crippen molar-refractivity contribution in [2.24, 2.45) is 5.92 Å². The molecule has 0 saturated carbocycles. The van der Waals surface area contributed by atoms with Crippen molar-refractivity contribution < 1.29 is 0 Å². The molecule has 2 fully saturated rings. The lowest BCUT2D eigenvalue weighted by molar-refractivity contribution is 0.132. The zero-order valence-corrected chi connectivity index (χ0v) is 8.95. The van der Waals surface area contributed by atoms with Crippen LogP contribution >= 0.6 is 0 Å². The van der Waals surface area contributed by atoms with E-state index < -0.39 is 0 Å². The largest absolute Gasteiger partial charge is 0.305 e. The minimum Gasteiger partial charge on any atom is -0.305 e. The second-order valence-electron chi connectivity index (χ2n) is 4.67. The maximum Gasteiger partial charge on any atom is 0.0669 e. The summed E-state index contributed by atoms with van der Waals surface area (Å²) >= 11 is 0. The molecule has 0 amide bonds. The van der Waals surface area contributed by atoms with Crippen LogP contribution in [0, 0.1) is 17.2 Å². The zero-order chi connectivity index (χ0) is 9.97. The van der Waals surface area contributed by atoms with E-state index in [9.17, 15) is 0 Å². The monoisotopic (exact) mass is 193 g/mol. The molecule has 3 nitrogen and oxygen atoms in total. The Hall–Kier alpha value is -0.590. The Morgan fingerprint density at radius 2 is 2.07 bits per heavy atom. The molecule has 2 unspecified atom stereocenters. The Bertz CT molecular complexity index is 233. The predicted molar refractivity (Wildman–Crippen MR) is 55.8 cm³/mol. The molecule has 3 heteroatoms. The molecule has 2 aliphatic rings. The zero-order valence-electron chi connectivity index (χ0n) is 8.95. The molecule has 0 spiro atoms. The van der Waals surface area contributed by atoms with Gasteiger partial charge in [-0.05, 0) is 39.4 Å². The molecule has 0 N–H and O–H groups in total. The highest BCUT2D eigenvalue weighted by Crippen LogP contribution is 2.22. The van der Waals surface area contributed by atoms with Crippen molar-refractivity contribution in [1.82, 2.24) is 9.80 Å². The number of hydrogen-bond acceptors (Lipinski definition) is 3. The van der Waals surface area contributed by atoms with Crippen molar-refractivity contribution in [2.75, 3.05) is 33.2 Å². The van der Waals surface area contributed by atoms with Gasteiger partial charge in [-0.25, -0.2) is 0 Å². The fraction of sp³-hybridized carbons (Fsp3) is 0.909. The molecule has 0 aliphatic carbocycles. The first-order chi connectivity index (χ1) is 6.79. The fourth-order valence-corrected chi connectivity index (χ4v) is 2.66. The second kappa shape index (κ2) is 4.29. The molecule has 2 saturated heterocycles. The third-order valence-electron chi connectivity index (χ3n) is 3.52. The van der Waals surface area contributed by atoms with E-state index in [1.165, 1.54) is 25.9 Å². The minimum absolute atomic E-state index is 0.294. The highest BCUT2D eigenvalue weighted by atomic mass is 15.2. The Morgan fingerprint density at radius 1 is 1.21 bits per heavy atom. The third kappa shape index (κ3) is 2.08. The summed E-state index contributed by atoms with van der Waals surface area (Å²) in [5.41, 5.74) is 0. The summed E-state index contributed by atoms with van der Waals surface area (Å²) in [6.45, 7) is 4.58. The maximum absolute atomic E-state index is 8.85. The van der Waals surface area contributed by atoms with Crippen molar-refractivity contribution in [2.45, 2.75) is 25.3 Å². The van der Waals surface area contributed by atoms with E-state index in [1.54, 1.807) is 0 Å². The molecule has 14 heavy (non-hydrogen) atoms. The van der Waals surface area contributed by atoms with Gasteiger partial charge in [-0.2, -0.15) is 5.26 Å². The van der Waals surface area contributed by atoms with E-state index in [0.29, 0.717) is 12.0 Å². The normalized spacial score (nSPS) is 35.7. The van der Waals surface area contributed by atoms with Gasteiger partial charge >= 0.3 is 0 Å². The second-order valence-corrected chi connectivity index (χ2v) is 4.67. The van der Waals surface area contributed by atoms with Crippen LogP contribution < -0.4 is 0 Å². The van der Waals surface area contributed by atoms with Gasteiger partial charge in [-0.3, -0.25) is 4.90 Å². The molecular formula is C11H19N3. The first-order valence-electron chi connectivity index (χ1n) is 5.62. The minimum atomic E-state index is 0.294. The van der Waals surface area contributed by atoms with Gasteiger partial charge in [0.15, 0.2) is 0 Å². The number of nitrogens with zero attached hydrogens (tertiary/aromatic N) is 3. The van der Waals surface area contributed by atoms with Crippen LogP contribution in [0.1, 0.15) is 19.3 Å². The Balaban J connectivity index is 1.87. The van der Waals surface area contributed by atoms with Crippen LogP contribution in [-0.4, -0.2) is 49.1 Å². The van der Waals surface area contributed by atoms with Gasteiger partial charge in [0.05, 0.1) is 12.0 Å². The first-order valence-corrected chi connectivity index (χ1v) is 5.62. The molecule has 0 radical (unpaired) electrons. The Kier molecular flexibility index (Phi) is 3.05. The summed E-state index contributed by atoms with van der Waals surface area (Å²) in [5.74, 6) is 0.294. The molecule has 0 aromatic heterocycles. The summed E-state index contributed by atoms with van der Waals surface area (Å²) < 4.78 is 0. The molecular weight excluding hydrogens is 174 g/mol. The van der Waals surface area contributed by atoms with Gasteiger partial charge < -0.3 is 4.90 Å². The van der Waals surface area contributed by atoms with Gasteiger partial charge in [-0.1, -0.05) is 0 Å². The van der Waals surface area contributed by atoms with Crippen LogP contribution in [0.3, 0.4) is 0 Å². The van der Waals surface area contributed by atoms with Crippen molar-refractivity contribution in [1.29, 1.82) is 5.26 Å². The molecule has 2 heterocycles. The number of rotatable bonds is 1. The van der Waals surface area contributed by atoms with Crippen LogP contribution in [0.25, 0.3) is 0 Å². The molecule has 2 atom stereocenters. The van der Waals surface area contributed by atoms with Gasteiger partial charge in [0.2, 0.25) is 0 Å². The molecule has 2 aliphatic heterocycles. The molecule has 0 aromatic carbocycles. The van der Waals surface area contributed by atoms with Gasteiger partial charge in [0.1, 0.15) is 0 Å². The van der Waals surface area contributed by atoms with Crippen LogP contribution in [0.2, 0.25) is 0 Å². The maximum atomic E-state index is 8.85. The molecule has 0 aromatic rings. The van der Waals surface area contributed by atoms with Gasteiger partial charge in [0, 0.05) is 19.1 Å². The van der Waals surface area contributed by atoms with E-state index >= 15 is 0 Å². The van der Waals surface area contributed by atoms with Crippen molar-refractivity contribution >= 4 is 0 Å². The van der Waals surface area contributed by atoms with E-state index in [1.807, 2.05) is 0 Å². The van der Waals surface area contributed by atoms with Gasteiger partial charge in [0.25, 0.3) is 0 Å². The van der Waals surface area contributed by atoms with Gasteiger partial charge in [-0.15, -0.1) is 0 Å². The molecule has 0 bridgehead atoms. The number of hydrogen-bond donors (Lipinski definition) is 0. The lowest BCUT2D eigenvalue weighted by Gasteiger charge is -2.35. The lowest BCUT2D eigenvalue weighted by atomic mass is 10.1. The standard InChI is InChI=1S/C11H19N3/c1-13-5-2-3-11(9-13)14-6-4-10(7-12)8-14/h10-11H,2-6,8-9H2,1H3. The van der Waals surface area contributed by atoms with Crippen molar-refractivity contribution in [3.05, 3.63) is 0 Å². The van der Waals surface area contributed by atoms with E-state index in [-0.39, 0.29) is 0 Å². The number of likely N-dealkylation sites (tertiary alicyclic amines) is 2. The molecule has 2 rings (SSSR count). The first kappa shape index (κ1) is 9.95. The number of likely N-dealkylation sites (N-methyl/N-ethyl adjacent to an activating group) is 1. The molecule has 78 valence electrons. The summed E-state index contributed by atoms with van der Waals surface area (Å²) in [6, 6.07) is 3.10. The van der Waals surface area contributed by atoms with Crippen molar-refractivity contribution in [3.63, 3.8) is 0 Å². The van der Waals surface area contributed by atoms with Crippen molar-refractivity contribution in [3.8, 4) is 6.07 Å². The average Bonchev–Trinajstić information content (AvgIpc) is 2.66. The lowest BCUT2D eigenvalue weighted by Crippen LogP contribution is -2.45. The number of piperidine rings is 1. The van der Waals surface area contributed by atoms with E-state index in [4.69, 9.17) is 5.26 Å². The van der Waals surface area contributed by atoms with Crippen LogP contribution in [0.15, 0.2) is 0 Å². The highest BCUT2D eigenvalue weighted by molar-refractivity contribution is 4.93. The fourth-order valence-electron chi connectivity index (χ4n) is 2.66. The average molecular weight is 193 g/mol.